The van der Waals surface area contributed by atoms with Crippen molar-refractivity contribution in [3.8, 4) is 0 Å². The van der Waals surface area contributed by atoms with Crippen LogP contribution in [0.2, 0.25) is 0 Å². The van der Waals surface area contributed by atoms with E-state index in [2.05, 4.69) is 10.2 Å². The fourth-order valence-electron chi connectivity index (χ4n) is 2.20. The zero-order valence-electron chi connectivity index (χ0n) is 11.0. The molecule has 1 aliphatic rings. The second kappa shape index (κ2) is 5.76. The third kappa shape index (κ3) is 3.46. The van der Waals surface area contributed by atoms with Gasteiger partial charge in [-0.05, 0) is 25.2 Å². The van der Waals surface area contributed by atoms with Crippen LogP contribution >= 0.6 is 10.7 Å². The lowest BCUT2D eigenvalue weighted by Gasteiger charge is -2.23. The smallest absolute Gasteiger partial charge is 0.296 e. The van der Waals surface area contributed by atoms with Gasteiger partial charge in [0.05, 0.1) is 0 Å². The second-order valence-corrected chi connectivity index (χ2v) is 7.60. The van der Waals surface area contributed by atoms with E-state index in [0.29, 0.717) is 19.0 Å². The van der Waals surface area contributed by atoms with Crippen molar-refractivity contribution in [2.75, 3.05) is 6.61 Å². The molecule has 8 heteroatoms. The molecule has 1 unspecified atom stereocenters. The Labute approximate surface area is 117 Å². The van der Waals surface area contributed by atoms with Crippen molar-refractivity contribution in [1.29, 1.82) is 0 Å². The average Bonchev–Trinajstić information content (AvgIpc) is 2.72. The minimum atomic E-state index is -3.89. The monoisotopic (exact) mass is 307 g/mol. The fraction of sp³-hybridized carbons (Fsp3) is 0.818. The summed E-state index contributed by atoms with van der Waals surface area (Å²) in [7, 11) is 1.52. The van der Waals surface area contributed by atoms with Gasteiger partial charge in [-0.1, -0.05) is 13.8 Å². The molecule has 1 saturated heterocycles. The summed E-state index contributed by atoms with van der Waals surface area (Å²) in [6, 6.07) is 0. The Balaban J connectivity index is 2.40. The highest BCUT2D eigenvalue weighted by Crippen LogP contribution is 2.29. The molecule has 0 N–H and O–H groups in total. The van der Waals surface area contributed by atoms with Gasteiger partial charge in [0.1, 0.15) is 6.10 Å². The van der Waals surface area contributed by atoms with Gasteiger partial charge in [-0.25, -0.2) is 8.42 Å². The first-order valence-corrected chi connectivity index (χ1v) is 8.70. The molecule has 108 valence electrons. The Morgan fingerprint density at radius 1 is 1.42 bits per heavy atom. The van der Waals surface area contributed by atoms with Gasteiger partial charge in [0.25, 0.3) is 14.2 Å². The number of rotatable bonds is 4. The highest BCUT2D eigenvalue weighted by atomic mass is 35.7. The first kappa shape index (κ1) is 14.7. The zero-order valence-corrected chi connectivity index (χ0v) is 12.6. The Morgan fingerprint density at radius 2 is 2.16 bits per heavy atom. The maximum atomic E-state index is 11.5. The lowest BCUT2D eigenvalue weighted by atomic mass is 10.1. The summed E-state index contributed by atoms with van der Waals surface area (Å²) < 4.78 is 30.3. The summed E-state index contributed by atoms with van der Waals surface area (Å²) in [6.07, 6.45) is 2.71. The van der Waals surface area contributed by atoms with E-state index in [9.17, 15) is 8.42 Å². The standard InChI is InChI=1S/C11H18ClN3O3S/c1-8(2)7-15-10(9-5-3-4-6-18-9)13-14-11(15)19(12,16)17/h8-9H,3-7H2,1-2H3. The van der Waals surface area contributed by atoms with Crippen molar-refractivity contribution in [2.45, 2.75) is 50.9 Å². The first-order chi connectivity index (χ1) is 8.89. The van der Waals surface area contributed by atoms with Crippen LogP contribution in [0.3, 0.4) is 0 Å². The number of nitrogens with zero attached hydrogens (tertiary/aromatic N) is 3. The summed E-state index contributed by atoms with van der Waals surface area (Å²) in [6.45, 7) is 5.16. The molecule has 2 heterocycles. The Kier molecular flexibility index (Phi) is 4.47. The molecule has 1 aromatic heterocycles. The van der Waals surface area contributed by atoms with Gasteiger partial charge in [-0.15, -0.1) is 10.2 Å². The fourth-order valence-corrected chi connectivity index (χ4v) is 3.11. The summed E-state index contributed by atoms with van der Waals surface area (Å²) in [5.74, 6) is 0.822. The van der Waals surface area contributed by atoms with Crippen molar-refractivity contribution in [1.82, 2.24) is 14.8 Å². The molecule has 1 atom stereocenters. The van der Waals surface area contributed by atoms with Crippen LogP contribution < -0.4 is 0 Å². The van der Waals surface area contributed by atoms with Crippen molar-refractivity contribution >= 4 is 19.7 Å². The van der Waals surface area contributed by atoms with Gasteiger partial charge in [-0.2, -0.15) is 0 Å². The van der Waals surface area contributed by atoms with E-state index in [1.54, 1.807) is 4.57 Å². The number of hydrogen-bond acceptors (Lipinski definition) is 5. The lowest BCUT2D eigenvalue weighted by molar-refractivity contribution is 0.00648. The largest absolute Gasteiger partial charge is 0.370 e. The highest BCUT2D eigenvalue weighted by Gasteiger charge is 2.28. The van der Waals surface area contributed by atoms with Crippen LogP contribution in [0.15, 0.2) is 5.16 Å². The van der Waals surface area contributed by atoms with Crippen LogP contribution in [0.1, 0.15) is 45.0 Å². The molecule has 0 bridgehead atoms. The van der Waals surface area contributed by atoms with Gasteiger partial charge in [-0.3, -0.25) is 4.57 Å². The zero-order chi connectivity index (χ0) is 14.0. The molecule has 1 aromatic rings. The van der Waals surface area contributed by atoms with Crippen molar-refractivity contribution in [3.63, 3.8) is 0 Å². The summed E-state index contributed by atoms with van der Waals surface area (Å²) in [5.41, 5.74) is 0. The predicted molar refractivity (Wildman–Crippen MR) is 70.4 cm³/mol. The quantitative estimate of drug-likeness (QED) is 0.796. The van der Waals surface area contributed by atoms with Gasteiger partial charge in [0.15, 0.2) is 5.82 Å². The average molecular weight is 308 g/mol. The molecule has 2 rings (SSSR count). The van der Waals surface area contributed by atoms with Crippen molar-refractivity contribution < 1.29 is 13.2 Å². The Hall–Kier alpha value is -0.660. The summed E-state index contributed by atoms with van der Waals surface area (Å²) >= 11 is 0. The molecule has 0 amide bonds. The molecule has 0 saturated carbocycles. The minimum absolute atomic E-state index is 0.188. The first-order valence-electron chi connectivity index (χ1n) is 6.39. The van der Waals surface area contributed by atoms with Gasteiger partial charge < -0.3 is 4.74 Å². The van der Waals surface area contributed by atoms with E-state index in [-0.39, 0.29) is 17.2 Å². The van der Waals surface area contributed by atoms with Crippen LogP contribution in [0.5, 0.6) is 0 Å². The van der Waals surface area contributed by atoms with Gasteiger partial charge in [0, 0.05) is 23.8 Å². The maximum absolute atomic E-state index is 11.5. The Morgan fingerprint density at radius 3 is 2.68 bits per heavy atom. The van der Waals surface area contributed by atoms with E-state index >= 15 is 0 Å². The predicted octanol–water partition coefficient (Wildman–Crippen LogP) is 2.10. The third-order valence-corrected chi connectivity index (χ3v) is 4.13. The second-order valence-electron chi connectivity index (χ2n) is 5.14. The number of aromatic nitrogens is 3. The van der Waals surface area contributed by atoms with Crippen LogP contribution in [0, 0.1) is 5.92 Å². The Bertz CT molecular complexity index is 535. The number of halogens is 1. The van der Waals surface area contributed by atoms with Crippen LogP contribution in [-0.4, -0.2) is 29.8 Å². The molecular weight excluding hydrogens is 290 g/mol. The molecular formula is C11H18ClN3O3S. The third-order valence-electron chi connectivity index (χ3n) is 2.98. The van der Waals surface area contributed by atoms with Crippen LogP contribution in [-0.2, 0) is 20.3 Å². The number of hydrogen-bond donors (Lipinski definition) is 0. The van der Waals surface area contributed by atoms with Gasteiger partial charge in [0.2, 0.25) is 0 Å². The number of ether oxygens (including phenoxy) is 1. The SMILES string of the molecule is CC(C)Cn1c(C2CCCCO2)nnc1S(=O)(=O)Cl. The van der Waals surface area contributed by atoms with E-state index in [4.69, 9.17) is 15.4 Å². The van der Waals surface area contributed by atoms with E-state index < -0.39 is 9.05 Å². The van der Waals surface area contributed by atoms with Crippen LogP contribution in [0.25, 0.3) is 0 Å². The van der Waals surface area contributed by atoms with E-state index in [0.717, 1.165) is 19.3 Å². The van der Waals surface area contributed by atoms with Crippen molar-refractivity contribution in [3.05, 3.63) is 5.82 Å². The molecule has 1 fully saturated rings. The normalized spacial score (nSPS) is 20.9. The molecule has 1 aliphatic heterocycles. The molecule has 6 nitrogen and oxygen atoms in total. The molecule has 0 aliphatic carbocycles. The van der Waals surface area contributed by atoms with Crippen LogP contribution in [0.4, 0.5) is 0 Å². The lowest BCUT2D eigenvalue weighted by Crippen LogP contribution is -2.19. The summed E-state index contributed by atoms with van der Waals surface area (Å²) in [5, 5.41) is 7.52. The molecule has 19 heavy (non-hydrogen) atoms. The highest BCUT2D eigenvalue weighted by molar-refractivity contribution is 8.13. The maximum Gasteiger partial charge on any atom is 0.296 e. The summed E-state index contributed by atoms with van der Waals surface area (Å²) in [4.78, 5) is 0. The molecule has 0 radical (unpaired) electrons. The van der Waals surface area contributed by atoms with Gasteiger partial charge >= 0.3 is 0 Å². The minimum Gasteiger partial charge on any atom is -0.370 e. The topological polar surface area (TPSA) is 74.1 Å². The van der Waals surface area contributed by atoms with E-state index in [1.165, 1.54) is 0 Å². The molecule has 0 aromatic carbocycles. The molecule has 0 spiro atoms. The van der Waals surface area contributed by atoms with E-state index in [1.807, 2.05) is 13.8 Å². The van der Waals surface area contributed by atoms with Crippen molar-refractivity contribution in [2.24, 2.45) is 5.92 Å².